The van der Waals surface area contributed by atoms with Gasteiger partial charge in [0.05, 0.1) is 11.2 Å². The number of hydrogen-bond donors (Lipinski definition) is 3. The molecule has 28 heavy (non-hydrogen) atoms. The molecule has 0 aromatic heterocycles. The molecule has 0 amide bonds. The minimum atomic E-state index is -0.0116. The Bertz CT molecular complexity index is 867. The van der Waals surface area contributed by atoms with E-state index in [4.69, 9.17) is 12.2 Å². The number of rotatable bonds is 5. The summed E-state index contributed by atoms with van der Waals surface area (Å²) in [6.45, 7) is 7.08. The molecule has 0 unspecified atom stereocenters. The van der Waals surface area contributed by atoms with Crippen LogP contribution < -0.4 is 15.1 Å². The highest BCUT2D eigenvalue weighted by Gasteiger charge is 2.20. The number of phenols is 2. The molecule has 3 N–H and O–H groups in total. The minimum absolute atomic E-state index is 0.0116. The van der Waals surface area contributed by atoms with E-state index < -0.39 is 0 Å². The van der Waals surface area contributed by atoms with E-state index in [0.717, 1.165) is 24.2 Å². The Kier molecular flexibility index (Phi) is 7.43. The molecule has 0 spiro atoms. The van der Waals surface area contributed by atoms with Crippen LogP contribution in [-0.2, 0) is 12.8 Å². The molecule has 1 heterocycles. The fraction of sp³-hybridized carbons (Fsp3) is 0.318. The lowest BCUT2D eigenvalue weighted by Gasteiger charge is -2.24. The van der Waals surface area contributed by atoms with E-state index in [2.05, 4.69) is 36.0 Å². The SMILES string of the molecule is C=C(c1cc(CC)c(O)cc1O)N(C=S)c1ccc2c(c1)CCN2C.CNC. The summed E-state index contributed by atoms with van der Waals surface area (Å²) in [4.78, 5) is 4.02. The Hall–Kier alpha value is -2.57. The molecule has 0 saturated carbocycles. The van der Waals surface area contributed by atoms with Crippen molar-refractivity contribution in [3.05, 3.63) is 53.6 Å². The molecule has 5 nitrogen and oxygen atoms in total. The van der Waals surface area contributed by atoms with E-state index in [-0.39, 0.29) is 11.5 Å². The van der Waals surface area contributed by atoms with Crippen molar-refractivity contribution in [2.45, 2.75) is 19.8 Å². The lowest BCUT2D eigenvalue weighted by molar-refractivity contribution is 0.445. The first-order valence-electron chi connectivity index (χ1n) is 9.29. The average Bonchev–Trinajstić information content (AvgIpc) is 3.03. The Morgan fingerprint density at radius 1 is 1.25 bits per heavy atom. The first-order chi connectivity index (χ1) is 13.4. The van der Waals surface area contributed by atoms with Gasteiger partial charge in [-0.05, 0) is 62.3 Å². The largest absolute Gasteiger partial charge is 0.508 e. The van der Waals surface area contributed by atoms with Gasteiger partial charge in [0.1, 0.15) is 11.5 Å². The summed E-state index contributed by atoms with van der Waals surface area (Å²) in [5.74, 6) is 0.0773. The number of nitrogens with zero attached hydrogens (tertiary/aromatic N) is 2. The summed E-state index contributed by atoms with van der Waals surface area (Å²) < 4.78 is 0. The second kappa shape index (κ2) is 9.57. The van der Waals surface area contributed by atoms with Crippen LogP contribution in [0.1, 0.15) is 23.6 Å². The van der Waals surface area contributed by atoms with Gasteiger partial charge in [-0.15, -0.1) is 0 Å². The van der Waals surface area contributed by atoms with Crippen LogP contribution in [0.5, 0.6) is 11.5 Å². The highest BCUT2D eigenvalue weighted by atomic mass is 32.1. The van der Waals surface area contributed by atoms with E-state index in [1.165, 1.54) is 22.8 Å². The van der Waals surface area contributed by atoms with Crippen molar-refractivity contribution in [3.63, 3.8) is 0 Å². The average molecular weight is 400 g/mol. The summed E-state index contributed by atoms with van der Waals surface area (Å²) in [6.07, 6.45) is 1.66. The Morgan fingerprint density at radius 2 is 1.93 bits per heavy atom. The molecule has 0 fully saturated rings. The lowest BCUT2D eigenvalue weighted by atomic mass is 10.0. The first-order valence-corrected chi connectivity index (χ1v) is 9.76. The van der Waals surface area contributed by atoms with Gasteiger partial charge in [-0.3, -0.25) is 0 Å². The lowest BCUT2D eigenvalue weighted by Crippen LogP contribution is -2.18. The van der Waals surface area contributed by atoms with Gasteiger partial charge in [0.25, 0.3) is 0 Å². The Balaban J connectivity index is 0.000000878. The van der Waals surface area contributed by atoms with E-state index in [9.17, 15) is 10.2 Å². The van der Waals surface area contributed by atoms with Gasteiger partial charge in [-0.2, -0.15) is 0 Å². The van der Waals surface area contributed by atoms with Crippen LogP contribution in [-0.4, -0.2) is 43.4 Å². The number of fused-ring (bicyclic) bond motifs is 1. The zero-order chi connectivity index (χ0) is 20.8. The van der Waals surface area contributed by atoms with Crippen LogP contribution in [0.25, 0.3) is 5.70 Å². The van der Waals surface area contributed by atoms with Crippen molar-refractivity contribution in [3.8, 4) is 11.5 Å². The van der Waals surface area contributed by atoms with Gasteiger partial charge in [0, 0.05) is 36.6 Å². The molecule has 0 bridgehead atoms. The molecule has 0 saturated heterocycles. The summed E-state index contributed by atoms with van der Waals surface area (Å²) in [5, 5.41) is 22.9. The molecule has 1 aliphatic heterocycles. The molecule has 1 aliphatic rings. The molecule has 2 aromatic carbocycles. The van der Waals surface area contributed by atoms with Crippen LogP contribution in [0.3, 0.4) is 0 Å². The van der Waals surface area contributed by atoms with E-state index in [1.807, 2.05) is 27.1 Å². The predicted molar refractivity (Wildman–Crippen MR) is 123 cm³/mol. The van der Waals surface area contributed by atoms with Gasteiger partial charge < -0.3 is 25.3 Å². The van der Waals surface area contributed by atoms with Gasteiger partial charge in [-0.1, -0.05) is 25.7 Å². The zero-order valence-corrected chi connectivity index (χ0v) is 17.8. The molecule has 0 radical (unpaired) electrons. The third-order valence-corrected chi connectivity index (χ3v) is 4.96. The maximum Gasteiger partial charge on any atom is 0.128 e. The van der Waals surface area contributed by atoms with Crippen LogP contribution in [0, 0.1) is 0 Å². The van der Waals surface area contributed by atoms with Crippen LogP contribution >= 0.6 is 12.2 Å². The second-order valence-electron chi connectivity index (χ2n) is 6.76. The quantitative estimate of drug-likeness (QED) is 0.663. The number of hydrogen-bond acceptors (Lipinski definition) is 5. The fourth-order valence-corrected chi connectivity index (χ4v) is 3.50. The van der Waals surface area contributed by atoms with Crippen LogP contribution in [0.15, 0.2) is 36.9 Å². The Labute approximate surface area is 172 Å². The molecular formula is C22H29N3O2S. The van der Waals surface area contributed by atoms with E-state index in [0.29, 0.717) is 17.7 Å². The highest BCUT2D eigenvalue weighted by Crippen LogP contribution is 2.36. The molecule has 0 atom stereocenters. The van der Waals surface area contributed by atoms with Crippen LogP contribution in [0.4, 0.5) is 11.4 Å². The smallest absolute Gasteiger partial charge is 0.128 e. The molecule has 0 aliphatic carbocycles. The molecule has 3 rings (SSSR count). The molecule has 2 aromatic rings. The van der Waals surface area contributed by atoms with Crippen LogP contribution in [0.2, 0.25) is 0 Å². The van der Waals surface area contributed by atoms with Gasteiger partial charge in [0.2, 0.25) is 0 Å². The van der Waals surface area contributed by atoms with Crippen molar-refractivity contribution in [2.24, 2.45) is 0 Å². The molecule has 150 valence electrons. The number of phenolic OH excluding ortho intramolecular Hbond substituents is 2. The number of anilines is 2. The number of nitrogens with one attached hydrogen (secondary N) is 1. The van der Waals surface area contributed by atoms with E-state index >= 15 is 0 Å². The number of thiocarbonyl (C=S) groups is 1. The first kappa shape index (κ1) is 21.7. The second-order valence-corrected chi connectivity index (χ2v) is 6.97. The van der Waals surface area contributed by atoms with Gasteiger partial charge in [0.15, 0.2) is 0 Å². The fourth-order valence-electron chi connectivity index (χ4n) is 3.25. The monoisotopic (exact) mass is 399 g/mol. The number of benzene rings is 2. The number of aryl methyl sites for hydroxylation is 1. The minimum Gasteiger partial charge on any atom is -0.508 e. The van der Waals surface area contributed by atoms with Crippen molar-refractivity contribution in [1.82, 2.24) is 5.32 Å². The standard InChI is InChI=1S/C20H22N2O2S.C2H7N/c1-4-14-10-17(20(24)11-19(14)23)13(2)22(12-25)16-5-6-18-15(9-16)7-8-21(18)3;1-3-2/h5-6,9-12,23-24H,2,4,7-8H2,1,3H3;3H,1-2H3. The van der Waals surface area contributed by atoms with Crippen molar-refractivity contribution < 1.29 is 10.2 Å². The summed E-state index contributed by atoms with van der Waals surface area (Å²) in [7, 11) is 5.84. The normalized spacial score (nSPS) is 12.1. The van der Waals surface area contributed by atoms with Crippen molar-refractivity contribution in [1.29, 1.82) is 0 Å². The maximum absolute atomic E-state index is 10.3. The highest BCUT2D eigenvalue weighted by molar-refractivity contribution is 7.79. The number of aromatic hydroxyl groups is 2. The van der Waals surface area contributed by atoms with Gasteiger partial charge in [-0.25, -0.2) is 0 Å². The topological polar surface area (TPSA) is 59.0 Å². The Morgan fingerprint density at radius 3 is 2.54 bits per heavy atom. The zero-order valence-electron chi connectivity index (χ0n) is 17.0. The van der Waals surface area contributed by atoms with Gasteiger partial charge >= 0.3 is 0 Å². The third-order valence-electron chi connectivity index (χ3n) is 4.75. The van der Waals surface area contributed by atoms with E-state index in [1.54, 1.807) is 11.0 Å². The molecular weight excluding hydrogens is 370 g/mol. The third kappa shape index (κ3) is 4.46. The number of likely N-dealkylation sites (N-methyl/N-ethyl adjacent to an activating group) is 1. The maximum atomic E-state index is 10.3. The summed E-state index contributed by atoms with van der Waals surface area (Å²) >= 11 is 5.21. The molecule has 6 heteroatoms. The summed E-state index contributed by atoms with van der Waals surface area (Å²) in [6, 6.07) is 9.33. The van der Waals surface area contributed by atoms with Crippen molar-refractivity contribution >= 4 is 34.8 Å². The summed E-state index contributed by atoms with van der Waals surface area (Å²) in [5.41, 5.74) is 6.86. The predicted octanol–water partition coefficient (Wildman–Crippen LogP) is 3.92. The van der Waals surface area contributed by atoms with Crippen molar-refractivity contribution in [2.75, 3.05) is 37.5 Å².